The fraction of sp³-hybridized carbons (Fsp3) is 0.357. The first-order valence-electron chi connectivity index (χ1n) is 6.42. The van der Waals surface area contributed by atoms with Gasteiger partial charge in [-0.15, -0.1) is 5.10 Å². The summed E-state index contributed by atoms with van der Waals surface area (Å²) in [5, 5.41) is 7.92. The van der Waals surface area contributed by atoms with Crippen LogP contribution in [0.15, 0.2) is 24.3 Å². The Kier molecular flexibility index (Phi) is 5.68. The number of rotatable bonds is 6. The molecule has 112 valence electrons. The zero-order valence-electron chi connectivity index (χ0n) is 11.9. The van der Waals surface area contributed by atoms with Gasteiger partial charge in [0.1, 0.15) is 6.61 Å². The first kappa shape index (κ1) is 15.9. The summed E-state index contributed by atoms with van der Waals surface area (Å²) in [5.41, 5.74) is 2.04. The van der Waals surface area contributed by atoms with E-state index in [2.05, 4.69) is 32.9 Å². The minimum Gasteiger partial charge on any atom is -0.458 e. The molecule has 0 aliphatic rings. The van der Waals surface area contributed by atoms with Crippen LogP contribution < -0.4 is 0 Å². The molecule has 2 aromatic rings. The maximum absolute atomic E-state index is 11.9. The van der Waals surface area contributed by atoms with Crippen LogP contribution in [-0.4, -0.2) is 41.3 Å². The molecule has 0 saturated heterocycles. The standard InChI is InChI=1S/C14H16IN3O3/c1-10-13(14(19)21-8-7-20-2)16-17-18(10)9-11-3-5-12(15)6-4-11/h3-6H,7-9H2,1-2H3. The first-order chi connectivity index (χ1) is 10.1. The maximum atomic E-state index is 11.9. The summed E-state index contributed by atoms with van der Waals surface area (Å²) in [6, 6.07) is 8.11. The first-order valence-corrected chi connectivity index (χ1v) is 7.50. The Morgan fingerprint density at radius 3 is 2.67 bits per heavy atom. The number of carbonyl (C=O) groups excluding carboxylic acids is 1. The van der Waals surface area contributed by atoms with E-state index in [1.165, 1.54) is 3.57 Å². The topological polar surface area (TPSA) is 66.2 Å². The van der Waals surface area contributed by atoms with Crippen LogP contribution in [0.25, 0.3) is 0 Å². The van der Waals surface area contributed by atoms with E-state index < -0.39 is 5.97 Å². The van der Waals surface area contributed by atoms with Gasteiger partial charge in [0, 0.05) is 10.7 Å². The van der Waals surface area contributed by atoms with Crippen molar-refractivity contribution in [3.63, 3.8) is 0 Å². The number of hydrogen-bond acceptors (Lipinski definition) is 5. The van der Waals surface area contributed by atoms with Gasteiger partial charge in [-0.3, -0.25) is 0 Å². The van der Waals surface area contributed by atoms with Gasteiger partial charge in [0.25, 0.3) is 0 Å². The predicted octanol–water partition coefficient (Wildman–Crippen LogP) is 2.04. The van der Waals surface area contributed by atoms with Gasteiger partial charge in [-0.05, 0) is 47.2 Å². The van der Waals surface area contributed by atoms with Crippen molar-refractivity contribution in [3.8, 4) is 0 Å². The molecule has 0 amide bonds. The van der Waals surface area contributed by atoms with Gasteiger partial charge in [0.15, 0.2) is 5.69 Å². The molecular formula is C14H16IN3O3. The van der Waals surface area contributed by atoms with Gasteiger partial charge in [0.05, 0.1) is 18.8 Å². The molecule has 21 heavy (non-hydrogen) atoms. The molecular weight excluding hydrogens is 385 g/mol. The lowest BCUT2D eigenvalue weighted by atomic mass is 10.2. The average molecular weight is 401 g/mol. The summed E-state index contributed by atoms with van der Waals surface area (Å²) >= 11 is 2.26. The van der Waals surface area contributed by atoms with Crippen LogP contribution >= 0.6 is 22.6 Å². The molecule has 0 N–H and O–H groups in total. The molecule has 1 heterocycles. The van der Waals surface area contributed by atoms with Crippen LogP contribution in [0.1, 0.15) is 21.7 Å². The third-order valence-corrected chi connectivity index (χ3v) is 3.66. The SMILES string of the molecule is COCCOC(=O)c1nnn(Cc2ccc(I)cc2)c1C. The van der Waals surface area contributed by atoms with Crippen LogP contribution in [0.2, 0.25) is 0 Å². The number of hydrogen-bond donors (Lipinski definition) is 0. The molecule has 1 aromatic carbocycles. The second-order valence-corrected chi connectivity index (χ2v) is 5.68. The van der Waals surface area contributed by atoms with Crippen molar-refractivity contribution in [2.75, 3.05) is 20.3 Å². The fourth-order valence-corrected chi connectivity index (χ4v) is 2.11. The van der Waals surface area contributed by atoms with E-state index in [0.29, 0.717) is 18.8 Å². The fourth-order valence-electron chi connectivity index (χ4n) is 1.75. The van der Waals surface area contributed by atoms with E-state index in [-0.39, 0.29) is 12.3 Å². The molecule has 0 aliphatic heterocycles. The smallest absolute Gasteiger partial charge is 0.360 e. The van der Waals surface area contributed by atoms with Crippen LogP contribution in [0.4, 0.5) is 0 Å². The highest BCUT2D eigenvalue weighted by Gasteiger charge is 2.17. The number of aromatic nitrogens is 3. The van der Waals surface area contributed by atoms with Crippen LogP contribution in [0.5, 0.6) is 0 Å². The molecule has 0 unspecified atom stereocenters. The molecule has 2 rings (SSSR count). The molecule has 7 heteroatoms. The molecule has 0 atom stereocenters. The van der Waals surface area contributed by atoms with Crippen molar-refractivity contribution in [1.29, 1.82) is 0 Å². The van der Waals surface area contributed by atoms with Crippen molar-refractivity contribution in [3.05, 3.63) is 44.8 Å². The lowest BCUT2D eigenvalue weighted by Crippen LogP contribution is -2.12. The Morgan fingerprint density at radius 1 is 1.29 bits per heavy atom. The number of ether oxygens (including phenoxy) is 2. The summed E-state index contributed by atoms with van der Waals surface area (Å²) in [7, 11) is 1.55. The third-order valence-electron chi connectivity index (χ3n) is 2.94. The van der Waals surface area contributed by atoms with E-state index in [1.54, 1.807) is 18.7 Å². The van der Waals surface area contributed by atoms with Gasteiger partial charge >= 0.3 is 5.97 Å². The van der Waals surface area contributed by atoms with Crippen LogP contribution in [0.3, 0.4) is 0 Å². The second kappa shape index (κ2) is 7.51. The monoisotopic (exact) mass is 401 g/mol. The van der Waals surface area contributed by atoms with Gasteiger partial charge < -0.3 is 9.47 Å². The normalized spacial score (nSPS) is 10.6. The van der Waals surface area contributed by atoms with E-state index in [0.717, 1.165) is 5.56 Å². The molecule has 0 bridgehead atoms. The zero-order valence-corrected chi connectivity index (χ0v) is 14.0. The summed E-state index contributed by atoms with van der Waals surface area (Å²) in [6.07, 6.45) is 0. The molecule has 6 nitrogen and oxygen atoms in total. The molecule has 0 saturated carbocycles. The third kappa shape index (κ3) is 4.24. The number of esters is 1. The lowest BCUT2D eigenvalue weighted by molar-refractivity contribution is 0.0380. The Bertz CT molecular complexity index is 610. The van der Waals surface area contributed by atoms with Gasteiger partial charge in [0.2, 0.25) is 0 Å². The quantitative estimate of drug-likeness (QED) is 0.421. The summed E-state index contributed by atoms with van der Waals surface area (Å²) < 4.78 is 12.7. The molecule has 0 fully saturated rings. The van der Waals surface area contributed by atoms with Crippen molar-refractivity contribution in [2.24, 2.45) is 0 Å². The van der Waals surface area contributed by atoms with Crippen LogP contribution in [-0.2, 0) is 16.0 Å². The highest BCUT2D eigenvalue weighted by atomic mass is 127. The number of nitrogens with zero attached hydrogens (tertiary/aromatic N) is 3. The molecule has 0 aliphatic carbocycles. The Morgan fingerprint density at radius 2 is 2.00 bits per heavy atom. The van der Waals surface area contributed by atoms with Gasteiger partial charge in [-0.2, -0.15) is 0 Å². The number of halogens is 1. The molecule has 0 radical (unpaired) electrons. The largest absolute Gasteiger partial charge is 0.458 e. The predicted molar refractivity (Wildman–Crippen MR) is 85.2 cm³/mol. The minimum atomic E-state index is -0.474. The highest BCUT2D eigenvalue weighted by molar-refractivity contribution is 14.1. The van der Waals surface area contributed by atoms with Crippen molar-refractivity contribution in [1.82, 2.24) is 15.0 Å². The van der Waals surface area contributed by atoms with Crippen molar-refractivity contribution >= 4 is 28.6 Å². The van der Waals surface area contributed by atoms with Crippen LogP contribution in [0, 0.1) is 10.5 Å². The summed E-state index contributed by atoms with van der Waals surface area (Å²) in [6.45, 7) is 2.95. The number of methoxy groups -OCH3 is 1. The van der Waals surface area contributed by atoms with E-state index in [9.17, 15) is 4.79 Å². The van der Waals surface area contributed by atoms with Gasteiger partial charge in [-0.25, -0.2) is 9.48 Å². The lowest BCUT2D eigenvalue weighted by Gasteiger charge is -2.05. The Hall–Kier alpha value is -1.48. The summed E-state index contributed by atoms with van der Waals surface area (Å²) in [5.74, 6) is -0.474. The summed E-state index contributed by atoms with van der Waals surface area (Å²) in [4.78, 5) is 11.9. The van der Waals surface area contributed by atoms with E-state index in [4.69, 9.17) is 9.47 Å². The zero-order chi connectivity index (χ0) is 15.2. The Balaban J connectivity index is 2.06. The van der Waals surface area contributed by atoms with Crippen molar-refractivity contribution < 1.29 is 14.3 Å². The minimum absolute atomic E-state index is 0.207. The average Bonchev–Trinajstić information content (AvgIpc) is 2.83. The number of carbonyl (C=O) groups is 1. The number of benzene rings is 1. The highest BCUT2D eigenvalue weighted by Crippen LogP contribution is 2.11. The molecule has 0 spiro atoms. The molecule has 1 aromatic heterocycles. The maximum Gasteiger partial charge on any atom is 0.360 e. The van der Waals surface area contributed by atoms with E-state index in [1.807, 2.05) is 24.3 Å². The second-order valence-electron chi connectivity index (χ2n) is 4.44. The van der Waals surface area contributed by atoms with E-state index >= 15 is 0 Å². The Labute approximate surface area is 136 Å². The van der Waals surface area contributed by atoms with Gasteiger partial charge in [-0.1, -0.05) is 17.3 Å². The van der Waals surface area contributed by atoms with Crippen molar-refractivity contribution in [2.45, 2.75) is 13.5 Å².